The maximum atomic E-state index is 12.3. The van der Waals surface area contributed by atoms with E-state index in [4.69, 9.17) is 18.9 Å². The van der Waals surface area contributed by atoms with Crippen LogP contribution in [0.5, 0.6) is 0 Å². The van der Waals surface area contributed by atoms with E-state index < -0.39 is 0 Å². The molecule has 0 saturated carbocycles. The van der Waals surface area contributed by atoms with Gasteiger partial charge in [0.25, 0.3) is 5.91 Å². The normalized spacial score (nSPS) is 14.4. The van der Waals surface area contributed by atoms with Crippen molar-refractivity contribution in [3.63, 3.8) is 0 Å². The summed E-state index contributed by atoms with van der Waals surface area (Å²) in [6, 6.07) is 0. The van der Waals surface area contributed by atoms with Gasteiger partial charge < -0.3 is 29.2 Å². The summed E-state index contributed by atoms with van der Waals surface area (Å²) in [6.45, 7) is 7.83. The summed E-state index contributed by atoms with van der Waals surface area (Å²) in [6.07, 6.45) is 3.77. The molecule has 1 saturated heterocycles. The van der Waals surface area contributed by atoms with Gasteiger partial charge in [-0.3, -0.25) is 9.59 Å². The van der Waals surface area contributed by atoms with Crippen LogP contribution in [-0.2, 0) is 23.7 Å². The van der Waals surface area contributed by atoms with E-state index in [1.54, 1.807) is 12.5 Å². The van der Waals surface area contributed by atoms with Crippen LogP contribution in [-0.4, -0.2) is 88.1 Å². The highest BCUT2D eigenvalue weighted by atomic mass is 32.1. The summed E-state index contributed by atoms with van der Waals surface area (Å²) in [5, 5.41) is 5.60. The summed E-state index contributed by atoms with van der Waals surface area (Å²) >= 11 is 1.51. The molecule has 0 spiro atoms. The van der Waals surface area contributed by atoms with Gasteiger partial charge in [0.1, 0.15) is 12.3 Å². The zero-order valence-electron chi connectivity index (χ0n) is 18.2. The summed E-state index contributed by atoms with van der Waals surface area (Å²) < 4.78 is 20.6. The van der Waals surface area contributed by atoms with E-state index in [9.17, 15) is 9.59 Å². The Morgan fingerprint density at radius 3 is 2.71 bits per heavy atom. The van der Waals surface area contributed by atoms with Crippen LogP contribution >= 0.6 is 11.3 Å². The summed E-state index contributed by atoms with van der Waals surface area (Å²) in [7, 11) is 1.62. The van der Waals surface area contributed by atoms with E-state index in [2.05, 4.69) is 16.9 Å². The van der Waals surface area contributed by atoms with Crippen molar-refractivity contribution in [1.82, 2.24) is 15.2 Å². The first kappa shape index (κ1) is 25.3. The number of carbonyl (C=O) groups is 2. The molecule has 0 bridgehead atoms. The average molecular weight is 456 g/mol. The predicted molar refractivity (Wildman–Crippen MR) is 117 cm³/mol. The summed E-state index contributed by atoms with van der Waals surface area (Å²) in [5.74, 6) is 0.0961. The fraction of sp³-hybridized carbons (Fsp3) is 0.667. The van der Waals surface area contributed by atoms with E-state index in [1.165, 1.54) is 17.6 Å². The van der Waals surface area contributed by atoms with Gasteiger partial charge in [0.2, 0.25) is 5.91 Å². The Kier molecular flexibility index (Phi) is 12.1. The van der Waals surface area contributed by atoms with Crippen molar-refractivity contribution in [1.29, 1.82) is 0 Å². The number of aromatic nitrogens is 1. The molecule has 0 aliphatic carbocycles. The molecule has 0 radical (unpaired) electrons. The van der Waals surface area contributed by atoms with Crippen molar-refractivity contribution in [3.05, 3.63) is 28.9 Å². The summed E-state index contributed by atoms with van der Waals surface area (Å²) in [5.41, 5.74) is 0.448. The van der Waals surface area contributed by atoms with Gasteiger partial charge in [0, 0.05) is 38.0 Å². The molecule has 1 aliphatic heterocycles. The van der Waals surface area contributed by atoms with Gasteiger partial charge in [0.05, 0.1) is 44.3 Å². The van der Waals surface area contributed by atoms with Crippen molar-refractivity contribution in [3.8, 4) is 0 Å². The van der Waals surface area contributed by atoms with Crippen LogP contribution in [0.1, 0.15) is 40.7 Å². The van der Waals surface area contributed by atoms with Gasteiger partial charge in [-0.2, -0.15) is 0 Å². The summed E-state index contributed by atoms with van der Waals surface area (Å²) in [4.78, 5) is 30.8. The number of hydrogen-bond acceptors (Lipinski definition) is 8. The number of thiazole rings is 1. The van der Waals surface area contributed by atoms with Crippen LogP contribution in [0.4, 0.5) is 0 Å². The van der Waals surface area contributed by atoms with Crippen molar-refractivity contribution in [2.75, 3.05) is 66.4 Å². The Balaban J connectivity index is 1.64. The number of nitrogens with one attached hydrogen (secondary N) is 1. The minimum atomic E-state index is -0.169. The zero-order chi connectivity index (χ0) is 22.3. The Hall–Kier alpha value is -2.01. The lowest BCUT2D eigenvalue weighted by Crippen LogP contribution is -2.40. The van der Waals surface area contributed by atoms with E-state index in [1.807, 2.05) is 4.90 Å². The molecular formula is C21H33N3O6S. The molecule has 0 atom stereocenters. The highest BCUT2D eigenvalue weighted by molar-refractivity contribution is 7.09. The smallest absolute Gasteiger partial charge is 0.270 e. The minimum Gasteiger partial charge on any atom is -0.502 e. The number of hydrogen-bond donors (Lipinski definition) is 1. The molecule has 2 heterocycles. The molecule has 2 amide bonds. The van der Waals surface area contributed by atoms with Gasteiger partial charge in [-0.15, -0.1) is 11.3 Å². The lowest BCUT2D eigenvalue weighted by molar-refractivity contribution is -0.137. The average Bonchev–Trinajstić information content (AvgIpc) is 3.28. The van der Waals surface area contributed by atoms with Crippen LogP contribution in [0.3, 0.4) is 0 Å². The molecular weight excluding hydrogens is 422 g/mol. The fourth-order valence-electron chi connectivity index (χ4n) is 3.10. The Morgan fingerprint density at radius 1 is 1.23 bits per heavy atom. The van der Waals surface area contributed by atoms with Crippen molar-refractivity contribution < 1.29 is 28.5 Å². The second kappa shape index (κ2) is 14.9. The fourth-order valence-corrected chi connectivity index (χ4v) is 4.07. The minimum absolute atomic E-state index is 0.00465. The maximum Gasteiger partial charge on any atom is 0.270 e. The third kappa shape index (κ3) is 9.34. The number of nitrogens with zero attached hydrogens (tertiary/aromatic N) is 2. The lowest BCUT2D eigenvalue weighted by Gasteiger charge is -2.31. The molecule has 1 aromatic heterocycles. The Bertz CT molecular complexity index is 676. The molecule has 1 aromatic rings. The van der Waals surface area contributed by atoms with E-state index in [0.717, 1.165) is 17.8 Å². The van der Waals surface area contributed by atoms with Crippen molar-refractivity contribution >= 4 is 23.2 Å². The topological polar surface area (TPSA) is 99.2 Å². The standard InChI is InChI=1S/C21H33N3O6S/c1-3-28-10-4-7-22-20(26)18-16-31-21(23-18)17-5-8-24(9-6-17)19(25)15-30-14-13-29-12-11-27-2/h3,16-17H,1,4-15H2,2H3,(H,22,26). The van der Waals surface area contributed by atoms with E-state index in [-0.39, 0.29) is 24.3 Å². The van der Waals surface area contributed by atoms with Crippen molar-refractivity contribution in [2.24, 2.45) is 0 Å². The second-order valence-corrected chi connectivity index (χ2v) is 7.92. The largest absolute Gasteiger partial charge is 0.502 e. The van der Waals surface area contributed by atoms with E-state index in [0.29, 0.717) is 64.8 Å². The number of carbonyl (C=O) groups excluding carboxylic acids is 2. The van der Waals surface area contributed by atoms with Gasteiger partial charge >= 0.3 is 0 Å². The molecule has 1 N–H and O–H groups in total. The molecule has 9 nitrogen and oxygen atoms in total. The van der Waals surface area contributed by atoms with Crippen molar-refractivity contribution in [2.45, 2.75) is 25.2 Å². The number of rotatable bonds is 15. The zero-order valence-corrected chi connectivity index (χ0v) is 19.0. The SMILES string of the molecule is C=COCCCNC(=O)c1csc(C2CCN(C(=O)COCCOCCOC)CC2)n1. The first-order valence-corrected chi connectivity index (χ1v) is 11.4. The number of likely N-dealkylation sites (tertiary alicyclic amines) is 1. The Morgan fingerprint density at radius 2 is 1.97 bits per heavy atom. The van der Waals surface area contributed by atoms with Crippen LogP contribution in [0.25, 0.3) is 0 Å². The molecule has 10 heteroatoms. The Labute approximate surface area is 187 Å². The molecule has 1 fully saturated rings. The number of ether oxygens (including phenoxy) is 4. The molecule has 0 aromatic carbocycles. The maximum absolute atomic E-state index is 12.3. The first-order valence-electron chi connectivity index (χ1n) is 10.5. The number of methoxy groups -OCH3 is 1. The highest BCUT2D eigenvalue weighted by Gasteiger charge is 2.26. The third-order valence-electron chi connectivity index (χ3n) is 4.82. The highest BCUT2D eigenvalue weighted by Crippen LogP contribution is 2.30. The van der Waals surface area contributed by atoms with Crippen LogP contribution in [0, 0.1) is 0 Å². The molecule has 2 rings (SSSR count). The van der Waals surface area contributed by atoms with Crippen LogP contribution < -0.4 is 5.32 Å². The number of amides is 2. The second-order valence-electron chi connectivity index (χ2n) is 7.03. The molecule has 174 valence electrons. The molecule has 0 unspecified atom stereocenters. The van der Waals surface area contributed by atoms with Gasteiger partial charge in [0.15, 0.2) is 0 Å². The lowest BCUT2D eigenvalue weighted by atomic mass is 9.97. The van der Waals surface area contributed by atoms with Crippen LogP contribution in [0.2, 0.25) is 0 Å². The van der Waals surface area contributed by atoms with Gasteiger partial charge in [-0.25, -0.2) is 4.98 Å². The van der Waals surface area contributed by atoms with Crippen LogP contribution in [0.15, 0.2) is 18.2 Å². The molecule has 31 heavy (non-hydrogen) atoms. The monoisotopic (exact) mass is 455 g/mol. The first-order chi connectivity index (χ1) is 15.2. The predicted octanol–water partition coefficient (Wildman–Crippen LogP) is 1.81. The molecule has 1 aliphatic rings. The van der Waals surface area contributed by atoms with Gasteiger partial charge in [-0.1, -0.05) is 6.58 Å². The van der Waals surface area contributed by atoms with E-state index >= 15 is 0 Å². The number of piperidine rings is 1. The quantitative estimate of drug-likeness (QED) is 0.318. The van der Waals surface area contributed by atoms with Gasteiger partial charge in [-0.05, 0) is 19.3 Å². The third-order valence-corrected chi connectivity index (χ3v) is 5.83.